The van der Waals surface area contributed by atoms with E-state index in [4.69, 9.17) is 5.73 Å². The van der Waals surface area contributed by atoms with E-state index in [0.717, 1.165) is 17.0 Å². The Kier molecular flexibility index (Phi) is 5.17. The summed E-state index contributed by atoms with van der Waals surface area (Å²) in [6.45, 7) is 3.89. The van der Waals surface area contributed by atoms with Gasteiger partial charge < -0.3 is 11.1 Å². The summed E-state index contributed by atoms with van der Waals surface area (Å²) in [6.07, 6.45) is 0.784. The van der Waals surface area contributed by atoms with Gasteiger partial charge in [-0.1, -0.05) is 19.1 Å². The second kappa shape index (κ2) is 6.41. The molecule has 4 N–H and O–H groups in total. The molecule has 0 aromatic carbocycles. The van der Waals surface area contributed by atoms with Gasteiger partial charge in [0.05, 0.1) is 17.2 Å². The molecule has 0 unspecified atom stereocenters. The maximum atomic E-state index is 11.5. The Bertz CT molecular complexity index is 484. The van der Waals surface area contributed by atoms with Crippen molar-refractivity contribution < 1.29 is 9.59 Å². The standard InChI is InChI=1S/C10H14N4O2S2/c1-3-6-5(2)18-10(13-6)14-9(16)8(15)12-4-7(11)17/h3-4H2,1-2H3,(H2,11,17)(H,12,15)(H,13,14,16). The van der Waals surface area contributed by atoms with Crippen molar-refractivity contribution in [2.24, 2.45) is 5.73 Å². The zero-order valence-corrected chi connectivity index (χ0v) is 11.7. The molecule has 0 aliphatic rings. The number of nitrogens with two attached hydrogens (primary N) is 1. The van der Waals surface area contributed by atoms with Crippen LogP contribution >= 0.6 is 23.6 Å². The van der Waals surface area contributed by atoms with Crippen LogP contribution in [0.5, 0.6) is 0 Å². The normalized spacial score (nSPS) is 9.89. The number of carbonyl (C=O) groups excluding carboxylic acids is 2. The fourth-order valence-corrected chi connectivity index (χ4v) is 2.18. The highest BCUT2D eigenvalue weighted by Crippen LogP contribution is 2.22. The van der Waals surface area contributed by atoms with Gasteiger partial charge in [0.2, 0.25) is 0 Å². The van der Waals surface area contributed by atoms with E-state index in [1.165, 1.54) is 11.3 Å². The molecule has 0 aliphatic carbocycles. The lowest BCUT2D eigenvalue weighted by atomic mass is 10.3. The minimum Gasteiger partial charge on any atom is -0.392 e. The van der Waals surface area contributed by atoms with Crippen molar-refractivity contribution in [1.29, 1.82) is 0 Å². The van der Waals surface area contributed by atoms with Gasteiger partial charge in [-0.05, 0) is 13.3 Å². The number of hydrogen-bond acceptors (Lipinski definition) is 5. The van der Waals surface area contributed by atoms with Crippen molar-refractivity contribution in [3.05, 3.63) is 10.6 Å². The lowest BCUT2D eigenvalue weighted by Gasteiger charge is -2.02. The lowest BCUT2D eigenvalue weighted by molar-refractivity contribution is -0.135. The molecule has 18 heavy (non-hydrogen) atoms. The number of amides is 2. The molecule has 98 valence electrons. The van der Waals surface area contributed by atoms with Crippen molar-refractivity contribution in [3.8, 4) is 0 Å². The Hall–Kier alpha value is -1.54. The first-order valence-electron chi connectivity index (χ1n) is 5.27. The van der Waals surface area contributed by atoms with Crippen LogP contribution < -0.4 is 16.4 Å². The number of anilines is 1. The molecule has 2 amide bonds. The van der Waals surface area contributed by atoms with Crippen LogP contribution in [0, 0.1) is 6.92 Å². The maximum Gasteiger partial charge on any atom is 0.315 e. The van der Waals surface area contributed by atoms with Crippen molar-refractivity contribution in [1.82, 2.24) is 10.3 Å². The monoisotopic (exact) mass is 286 g/mol. The third kappa shape index (κ3) is 4.04. The molecule has 6 nitrogen and oxygen atoms in total. The van der Waals surface area contributed by atoms with Gasteiger partial charge in [0.25, 0.3) is 0 Å². The average molecular weight is 286 g/mol. The zero-order valence-electron chi connectivity index (χ0n) is 10.1. The molecule has 0 atom stereocenters. The largest absolute Gasteiger partial charge is 0.392 e. The Labute approximate surface area is 114 Å². The smallest absolute Gasteiger partial charge is 0.315 e. The molecule has 0 radical (unpaired) electrons. The Morgan fingerprint density at radius 1 is 1.44 bits per heavy atom. The molecule has 0 aliphatic heterocycles. The van der Waals surface area contributed by atoms with Gasteiger partial charge in [0.15, 0.2) is 5.13 Å². The molecule has 0 fully saturated rings. The van der Waals surface area contributed by atoms with E-state index in [1.54, 1.807) is 0 Å². The first-order chi connectivity index (χ1) is 8.43. The van der Waals surface area contributed by atoms with Crippen molar-refractivity contribution in [2.75, 3.05) is 11.9 Å². The van der Waals surface area contributed by atoms with E-state index in [2.05, 4.69) is 27.8 Å². The van der Waals surface area contributed by atoms with Crippen LogP contribution in [-0.2, 0) is 16.0 Å². The SMILES string of the molecule is CCc1nc(NC(=O)C(=O)NCC(N)=S)sc1C. The van der Waals surface area contributed by atoms with E-state index >= 15 is 0 Å². The van der Waals surface area contributed by atoms with Gasteiger partial charge in [0, 0.05) is 4.88 Å². The van der Waals surface area contributed by atoms with Crippen LogP contribution in [0.25, 0.3) is 0 Å². The maximum absolute atomic E-state index is 11.5. The van der Waals surface area contributed by atoms with Crippen LogP contribution in [0.2, 0.25) is 0 Å². The summed E-state index contributed by atoms with van der Waals surface area (Å²) >= 11 is 5.92. The number of aromatic nitrogens is 1. The number of rotatable bonds is 4. The van der Waals surface area contributed by atoms with E-state index in [0.29, 0.717) is 5.13 Å². The first-order valence-corrected chi connectivity index (χ1v) is 6.50. The minimum atomic E-state index is -0.784. The first kappa shape index (κ1) is 14.5. The molecule has 0 bridgehead atoms. The summed E-state index contributed by atoms with van der Waals surface area (Å²) < 4.78 is 0. The van der Waals surface area contributed by atoms with Gasteiger partial charge in [-0.3, -0.25) is 14.9 Å². The lowest BCUT2D eigenvalue weighted by Crippen LogP contribution is -2.39. The highest BCUT2D eigenvalue weighted by atomic mass is 32.1. The summed E-state index contributed by atoms with van der Waals surface area (Å²) in [5.74, 6) is -1.56. The quantitative estimate of drug-likeness (QED) is 0.548. The van der Waals surface area contributed by atoms with E-state index in [9.17, 15) is 9.59 Å². The summed E-state index contributed by atoms with van der Waals surface area (Å²) in [7, 11) is 0. The molecule has 0 saturated carbocycles. The van der Waals surface area contributed by atoms with Gasteiger partial charge in [0.1, 0.15) is 0 Å². The predicted octanol–water partition coefficient (Wildman–Crippen LogP) is 0.355. The van der Waals surface area contributed by atoms with Crippen LogP contribution in [0.1, 0.15) is 17.5 Å². The Balaban J connectivity index is 2.58. The highest BCUT2D eigenvalue weighted by molar-refractivity contribution is 7.80. The molecule has 1 aromatic heterocycles. The molecule has 1 rings (SSSR count). The third-order valence-electron chi connectivity index (χ3n) is 2.08. The molecule has 1 heterocycles. The van der Waals surface area contributed by atoms with Gasteiger partial charge in [-0.15, -0.1) is 11.3 Å². The predicted molar refractivity (Wildman–Crippen MR) is 74.7 cm³/mol. The number of nitrogens with one attached hydrogen (secondary N) is 2. The minimum absolute atomic E-state index is 0.00130. The van der Waals surface area contributed by atoms with E-state index in [1.807, 2.05) is 13.8 Å². The second-order valence-electron chi connectivity index (χ2n) is 3.48. The van der Waals surface area contributed by atoms with Gasteiger partial charge >= 0.3 is 11.8 Å². The van der Waals surface area contributed by atoms with Gasteiger partial charge in [-0.25, -0.2) is 4.98 Å². The number of hydrogen-bond donors (Lipinski definition) is 3. The zero-order chi connectivity index (χ0) is 13.7. The molecular formula is C10H14N4O2S2. The fraction of sp³-hybridized carbons (Fsp3) is 0.400. The molecule has 0 spiro atoms. The second-order valence-corrected chi connectivity index (χ2v) is 5.21. The molecule has 8 heteroatoms. The van der Waals surface area contributed by atoms with Gasteiger partial charge in [-0.2, -0.15) is 0 Å². The van der Waals surface area contributed by atoms with Crippen LogP contribution in [-0.4, -0.2) is 28.3 Å². The Morgan fingerprint density at radius 2 is 2.11 bits per heavy atom. The van der Waals surface area contributed by atoms with Crippen LogP contribution in [0.3, 0.4) is 0 Å². The molecular weight excluding hydrogens is 272 g/mol. The summed E-state index contributed by atoms with van der Waals surface area (Å²) in [5.41, 5.74) is 6.12. The average Bonchev–Trinajstić information content (AvgIpc) is 2.66. The molecule has 1 aromatic rings. The Morgan fingerprint density at radius 3 is 2.61 bits per heavy atom. The van der Waals surface area contributed by atoms with E-state index < -0.39 is 11.8 Å². The highest BCUT2D eigenvalue weighted by Gasteiger charge is 2.16. The summed E-state index contributed by atoms with van der Waals surface area (Å²) in [4.78, 5) is 28.2. The number of aryl methyl sites for hydroxylation is 2. The number of thiazole rings is 1. The van der Waals surface area contributed by atoms with Crippen molar-refractivity contribution in [3.63, 3.8) is 0 Å². The summed E-state index contributed by atoms with van der Waals surface area (Å²) in [6, 6.07) is 0. The van der Waals surface area contributed by atoms with Crippen LogP contribution in [0.4, 0.5) is 5.13 Å². The van der Waals surface area contributed by atoms with Crippen molar-refractivity contribution >= 4 is 45.5 Å². The summed E-state index contributed by atoms with van der Waals surface area (Å²) in [5, 5.41) is 5.15. The topological polar surface area (TPSA) is 97.1 Å². The third-order valence-corrected chi connectivity index (χ3v) is 3.15. The van der Waals surface area contributed by atoms with E-state index in [-0.39, 0.29) is 11.5 Å². The number of carbonyl (C=O) groups is 2. The molecule has 0 saturated heterocycles. The number of thiocarbonyl (C=S) groups is 1. The number of nitrogens with zero attached hydrogens (tertiary/aromatic N) is 1. The van der Waals surface area contributed by atoms with Crippen molar-refractivity contribution in [2.45, 2.75) is 20.3 Å². The van der Waals surface area contributed by atoms with Crippen LogP contribution in [0.15, 0.2) is 0 Å². The fourth-order valence-electron chi connectivity index (χ4n) is 1.21.